The molecule has 22 heteroatoms. The van der Waals surface area contributed by atoms with Crippen molar-refractivity contribution in [3.63, 3.8) is 0 Å². The number of piperazine rings is 2. The first-order valence-electron chi connectivity index (χ1n) is 37.7. The molecule has 0 radical (unpaired) electrons. The van der Waals surface area contributed by atoms with Crippen LogP contribution < -0.4 is 27.0 Å². The van der Waals surface area contributed by atoms with Crippen molar-refractivity contribution < 1.29 is 51.0 Å². The molecule has 2 aliphatic heterocycles. The lowest BCUT2D eigenvalue weighted by Crippen LogP contribution is -2.58. The topological polar surface area (TPSA) is 217 Å². The summed E-state index contributed by atoms with van der Waals surface area (Å²) in [7, 11) is 0. The van der Waals surface area contributed by atoms with Crippen LogP contribution in [0.4, 0.5) is 27.2 Å². The number of nitrogens with two attached hydrogens (primary N) is 1. The van der Waals surface area contributed by atoms with Crippen LogP contribution in [0.2, 0.25) is 0 Å². The summed E-state index contributed by atoms with van der Waals surface area (Å²) >= 11 is 0. The maximum atomic E-state index is 13.7. The van der Waals surface area contributed by atoms with Gasteiger partial charge in [0.2, 0.25) is 17.8 Å². The number of hydrogen-bond donors (Lipinski definition) is 5. The van der Waals surface area contributed by atoms with Crippen molar-refractivity contribution in [2.24, 2.45) is 17.6 Å². The van der Waals surface area contributed by atoms with Crippen LogP contribution in [0.5, 0.6) is 0 Å². The number of nitrogens with zero attached hydrogens (tertiary/aromatic N) is 6. The van der Waals surface area contributed by atoms with Gasteiger partial charge in [-0.1, -0.05) is 72.8 Å². The Morgan fingerprint density at radius 3 is 1.83 bits per heavy atom. The molecule has 4 fully saturated rings. The van der Waals surface area contributed by atoms with Gasteiger partial charge in [-0.05, 0) is 204 Å². The first kappa shape index (κ1) is 80.3. The zero-order valence-electron chi connectivity index (χ0n) is 61.1. The molecule has 101 heavy (non-hydrogen) atoms. The molecule has 3 amide bonds. The van der Waals surface area contributed by atoms with Gasteiger partial charge in [0.1, 0.15) is 23.3 Å². The number of aldehydes is 1. The Morgan fingerprint density at radius 2 is 1.26 bits per heavy atom. The van der Waals surface area contributed by atoms with Gasteiger partial charge in [0.15, 0.2) is 0 Å². The maximum absolute atomic E-state index is 13.7. The number of carbonyl (C=O) groups excluding carboxylic acids is 5. The summed E-state index contributed by atoms with van der Waals surface area (Å²) < 4.78 is 64.7. The normalized spacial score (nSPS) is 21.6. The third kappa shape index (κ3) is 26.7. The first-order chi connectivity index (χ1) is 48.4. The van der Waals surface area contributed by atoms with Crippen LogP contribution in [0, 0.1) is 11.8 Å². The number of alkyl carbamates (subject to hydrolysis) is 1. The number of nitrogens with one attached hydrogen (secondary N) is 4. The summed E-state index contributed by atoms with van der Waals surface area (Å²) in [5, 5.41) is 12.9. The number of aromatic nitrogens is 2. The lowest BCUT2D eigenvalue weighted by Gasteiger charge is -2.42. The predicted molar refractivity (Wildman–Crippen MR) is 388 cm³/mol. The van der Waals surface area contributed by atoms with Crippen LogP contribution in [0.25, 0.3) is 0 Å². The molecule has 0 bridgehead atoms. The average molecular weight is 1410 g/mol. The van der Waals surface area contributed by atoms with E-state index >= 15 is 0 Å². The number of halogens is 4. The average Bonchev–Trinajstić information content (AvgIpc) is 0.808. The van der Waals surface area contributed by atoms with Crippen LogP contribution in [0.3, 0.4) is 0 Å². The van der Waals surface area contributed by atoms with Crippen molar-refractivity contribution in [2.45, 2.75) is 236 Å². The Kier molecular flexibility index (Phi) is 31.3. The van der Waals surface area contributed by atoms with Gasteiger partial charge in [-0.15, -0.1) is 0 Å². The van der Waals surface area contributed by atoms with Crippen molar-refractivity contribution in [1.29, 1.82) is 0 Å². The zero-order valence-corrected chi connectivity index (χ0v) is 61.1. The number of fused-ring (bicyclic) bond motifs is 2. The minimum atomic E-state index is -2.64. The van der Waals surface area contributed by atoms with Crippen molar-refractivity contribution in [2.75, 3.05) is 85.1 Å². The molecule has 6 N–H and O–H groups in total. The molecule has 558 valence electrons. The standard InChI is InChI=1S/C35H51F2N5O.C28H47N5O4.C16H19F2NO2/c36-35(37)16-13-28(14-17-35)33(43)24-30(27-8-2-1-3-9-27)15-22-41-23-20-39-31(25-41)26-42(21-5-4-18-38)32-12-6-10-29-11-7-19-40-34(29)32;1-27(2,3)36-25(34)31-14-7-8-17-32(23-13-9-11-21-12-10-15-30-24(21)23)20-22-19-29-16-18-33(22)26(35)37-28(4,5)6;17-16(18)9-6-13(7-10-16)15(21)19-14(8-11-20)12-4-2-1-3-5-12/h1-3,7-9,11,19,28,30-32,39H,4-6,10,12-18,20-26,38H2;10,12,15,22-23,29H,7-9,11,13-14,16-20H2,1-6H3,(H,31,34);1-5,11,13-14H,6-10H2,(H,19,21)/t30-,31-,32+;22-,23+;14-/m110/s1. The Morgan fingerprint density at radius 1 is 0.693 bits per heavy atom. The quantitative estimate of drug-likeness (QED) is 0.0213. The highest BCUT2D eigenvalue weighted by Gasteiger charge is 2.41. The molecular formula is C79H117F4N11O7. The van der Waals surface area contributed by atoms with Gasteiger partial charge >= 0.3 is 12.2 Å². The second kappa shape index (κ2) is 39.4. The molecule has 0 unspecified atom stereocenters. The Hall–Kier alpha value is -6.43. The van der Waals surface area contributed by atoms with Gasteiger partial charge in [-0.3, -0.25) is 29.4 Å². The minimum absolute atomic E-state index is 0.0116. The minimum Gasteiger partial charge on any atom is -0.444 e. The number of amides is 3. The highest BCUT2D eigenvalue weighted by molar-refractivity contribution is 5.82. The molecule has 2 saturated carbocycles. The molecule has 4 aromatic rings. The third-order valence-electron chi connectivity index (χ3n) is 20.5. The van der Waals surface area contributed by atoms with E-state index < -0.39 is 29.1 Å². The van der Waals surface area contributed by atoms with Crippen molar-refractivity contribution >= 4 is 30.2 Å². The number of unbranched alkanes of at least 4 members (excludes halogenated alkanes) is 2. The van der Waals surface area contributed by atoms with Gasteiger partial charge in [0.05, 0.1) is 35.6 Å². The number of rotatable bonds is 27. The van der Waals surface area contributed by atoms with Gasteiger partial charge in [-0.2, -0.15) is 0 Å². The zero-order chi connectivity index (χ0) is 72.4. The summed E-state index contributed by atoms with van der Waals surface area (Å²) in [4.78, 5) is 80.5. The molecule has 6 aliphatic rings. The molecule has 2 aromatic carbocycles. The summed E-state index contributed by atoms with van der Waals surface area (Å²) in [6, 6.07) is 28.6. The summed E-state index contributed by atoms with van der Waals surface area (Å²) in [5.41, 5.74) is 12.0. The second-order valence-corrected chi connectivity index (χ2v) is 30.7. The first-order valence-corrected chi connectivity index (χ1v) is 37.7. The van der Waals surface area contributed by atoms with E-state index in [0.29, 0.717) is 44.4 Å². The fourth-order valence-electron chi connectivity index (χ4n) is 15.2. The Bertz CT molecular complexity index is 3160. The number of alkyl halides is 4. The van der Waals surface area contributed by atoms with Crippen LogP contribution in [-0.4, -0.2) is 180 Å². The van der Waals surface area contributed by atoms with Crippen molar-refractivity contribution in [1.82, 2.24) is 50.8 Å². The fourth-order valence-corrected chi connectivity index (χ4v) is 15.2. The number of Topliss-reactive ketones (excluding diaryl/α,β-unsaturated/α-hetero) is 1. The molecule has 4 aliphatic carbocycles. The van der Waals surface area contributed by atoms with Crippen LogP contribution in [0.15, 0.2) is 97.3 Å². The SMILES string of the molecule is CC(C)(C)OC(=O)NCCCCN(C[C@H]1CNCCN1C(=O)OC(C)(C)C)[C@H]1CCCc2cccnc21.NCCCCN(C[C@H]1CN(CC[C@H](CC(=O)C2CCC(F)(F)CC2)c2ccccc2)CCN1)[C@H]1CCCc2cccnc21.O=CC[C@H](NC(=O)C1CCC(F)(F)CC1)c1ccccc1. The van der Waals surface area contributed by atoms with E-state index in [1.165, 1.54) is 28.8 Å². The number of hydrogen-bond acceptors (Lipinski definition) is 15. The fraction of sp³-hybridized carbons (Fsp3) is 0.658. The highest BCUT2D eigenvalue weighted by atomic mass is 19.3. The maximum Gasteiger partial charge on any atom is 0.410 e. The largest absolute Gasteiger partial charge is 0.444 e. The van der Waals surface area contributed by atoms with Crippen molar-refractivity contribution in [3.05, 3.63) is 131 Å². The van der Waals surface area contributed by atoms with Gasteiger partial charge in [0, 0.05) is 128 Å². The van der Waals surface area contributed by atoms with Crippen LogP contribution in [0.1, 0.15) is 221 Å². The second-order valence-electron chi connectivity index (χ2n) is 30.7. The highest BCUT2D eigenvalue weighted by Crippen LogP contribution is 2.40. The van der Waals surface area contributed by atoms with E-state index in [0.717, 1.165) is 154 Å². The van der Waals surface area contributed by atoms with Gasteiger partial charge < -0.3 is 51.1 Å². The van der Waals surface area contributed by atoms with E-state index in [4.69, 9.17) is 25.2 Å². The smallest absolute Gasteiger partial charge is 0.410 e. The monoisotopic (exact) mass is 1410 g/mol. The lowest BCUT2D eigenvalue weighted by molar-refractivity contribution is -0.130. The van der Waals surface area contributed by atoms with Crippen LogP contribution >= 0.6 is 0 Å². The van der Waals surface area contributed by atoms with E-state index in [1.807, 2.05) is 113 Å². The molecule has 6 atom stereocenters. The lowest BCUT2D eigenvalue weighted by atomic mass is 9.80. The Balaban J connectivity index is 0.000000203. The summed E-state index contributed by atoms with van der Waals surface area (Å²) in [6.45, 7) is 22.2. The molecule has 18 nitrogen and oxygen atoms in total. The molecule has 10 rings (SSSR count). The number of carbonyl (C=O) groups is 5. The Labute approximate surface area is 598 Å². The molecule has 2 saturated heterocycles. The number of ketones is 1. The van der Waals surface area contributed by atoms with Crippen LogP contribution in [-0.2, 0) is 36.7 Å². The van der Waals surface area contributed by atoms with E-state index in [9.17, 15) is 41.5 Å². The van der Waals surface area contributed by atoms with E-state index in [2.05, 4.69) is 66.3 Å². The number of benzene rings is 2. The van der Waals surface area contributed by atoms with Gasteiger partial charge in [0.25, 0.3) is 0 Å². The van der Waals surface area contributed by atoms with E-state index in [1.54, 1.807) is 0 Å². The summed E-state index contributed by atoms with van der Waals surface area (Å²) in [5.74, 6) is -5.81. The number of ether oxygens (including phenoxy) is 2. The van der Waals surface area contributed by atoms with E-state index in [-0.39, 0.29) is 98.7 Å². The number of pyridine rings is 2. The van der Waals surface area contributed by atoms with Gasteiger partial charge in [-0.25, -0.2) is 27.2 Å². The number of aryl methyl sites for hydroxylation is 2. The molecular weight excluding hydrogens is 1290 g/mol. The molecule has 0 spiro atoms. The molecule has 2 aromatic heterocycles. The molecule has 4 heterocycles. The summed E-state index contributed by atoms with van der Waals surface area (Å²) in [6.07, 6.45) is 16.3. The predicted octanol–water partition coefficient (Wildman–Crippen LogP) is 13.3. The van der Waals surface area contributed by atoms with Crippen molar-refractivity contribution in [3.8, 4) is 0 Å². The third-order valence-corrected chi connectivity index (χ3v) is 20.5.